The van der Waals surface area contributed by atoms with Gasteiger partial charge in [0, 0.05) is 43.1 Å². The second kappa shape index (κ2) is 14.9. The minimum absolute atomic E-state index is 0. The number of alkyl halides is 3. The largest absolute Gasteiger partial charge is 0.421 e. The molecule has 2 aromatic rings. The Morgan fingerprint density at radius 2 is 1.77 bits per heavy atom. The highest BCUT2D eigenvalue weighted by atomic mass is 19.4. The van der Waals surface area contributed by atoms with Crippen LogP contribution in [0.15, 0.2) is 30.5 Å². The first-order chi connectivity index (χ1) is 19.9. The van der Waals surface area contributed by atoms with Gasteiger partial charge in [-0.05, 0) is 82.4 Å². The number of benzene rings is 1. The summed E-state index contributed by atoms with van der Waals surface area (Å²) in [4.78, 5) is 37.9. The number of carbonyl (C=O) groups is 2. The van der Waals surface area contributed by atoms with E-state index in [2.05, 4.69) is 51.7 Å². The molecule has 1 saturated carbocycles. The van der Waals surface area contributed by atoms with Gasteiger partial charge in [-0.15, -0.1) is 0 Å². The monoisotopic (exact) mass is 605 g/mol. The lowest BCUT2D eigenvalue weighted by atomic mass is 10.0. The van der Waals surface area contributed by atoms with Gasteiger partial charge in [-0.3, -0.25) is 9.59 Å². The highest BCUT2D eigenvalue weighted by Gasteiger charge is 2.39. The van der Waals surface area contributed by atoms with Gasteiger partial charge in [0.05, 0.1) is 5.92 Å². The Kier molecular flexibility index (Phi) is 11.8. The third-order valence-corrected chi connectivity index (χ3v) is 8.23. The predicted octanol–water partition coefficient (Wildman–Crippen LogP) is 5.78. The maximum absolute atomic E-state index is 13.9. The van der Waals surface area contributed by atoms with E-state index in [1.165, 1.54) is 0 Å². The molecule has 0 spiro atoms. The molecule has 0 unspecified atom stereocenters. The average molecular weight is 606 g/mol. The first-order valence-electron chi connectivity index (χ1n) is 14.7. The van der Waals surface area contributed by atoms with Gasteiger partial charge in [0.15, 0.2) is 0 Å². The first kappa shape index (κ1) is 34.1. The number of amides is 2. The lowest BCUT2D eigenvalue weighted by Gasteiger charge is -2.35. The smallest absolute Gasteiger partial charge is 0.366 e. The van der Waals surface area contributed by atoms with Crippen molar-refractivity contribution in [2.24, 2.45) is 11.8 Å². The Hall–Kier alpha value is -3.41. The van der Waals surface area contributed by atoms with Crippen LogP contribution in [0.25, 0.3) is 0 Å². The molecule has 2 amide bonds. The zero-order valence-corrected chi connectivity index (χ0v) is 24.8. The van der Waals surface area contributed by atoms with Crippen LogP contribution in [0.4, 0.5) is 30.6 Å². The van der Waals surface area contributed by atoms with Crippen LogP contribution in [0.2, 0.25) is 0 Å². The molecule has 2 fully saturated rings. The van der Waals surface area contributed by atoms with Crippen molar-refractivity contribution in [1.82, 2.24) is 25.1 Å². The molecule has 1 aromatic carbocycles. The molecule has 2 aliphatic rings. The van der Waals surface area contributed by atoms with Crippen molar-refractivity contribution >= 4 is 29.3 Å². The van der Waals surface area contributed by atoms with Crippen molar-refractivity contribution in [3.63, 3.8) is 0 Å². The van der Waals surface area contributed by atoms with Gasteiger partial charge in [-0.2, -0.15) is 18.2 Å². The number of rotatable bonds is 10. The van der Waals surface area contributed by atoms with Gasteiger partial charge in [0.2, 0.25) is 11.9 Å². The lowest BCUT2D eigenvalue weighted by molar-refractivity contribution is -0.137. The molecule has 4 rings (SSSR count). The molecule has 2 heterocycles. The number of hydrogen-bond donors (Lipinski definition) is 3. The maximum Gasteiger partial charge on any atom is 0.421 e. The van der Waals surface area contributed by atoms with Gasteiger partial charge in [0.25, 0.3) is 5.91 Å². The first-order valence-corrected chi connectivity index (χ1v) is 14.7. The van der Waals surface area contributed by atoms with Crippen molar-refractivity contribution in [3.8, 4) is 0 Å². The quantitative estimate of drug-likeness (QED) is 0.315. The zero-order chi connectivity index (χ0) is 30.4. The Labute approximate surface area is 253 Å². The fourth-order valence-corrected chi connectivity index (χ4v) is 5.57. The summed E-state index contributed by atoms with van der Waals surface area (Å²) in [7, 11) is 3.89. The highest BCUT2D eigenvalue weighted by Crippen LogP contribution is 2.37. The number of nitrogens with zero attached hydrogens (tertiary/aromatic N) is 4. The van der Waals surface area contributed by atoms with Gasteiger partial charge >= 0.3 is 6.18 Å². The standard InChI is InChI=1S/C30H42F3N7O2.CH4/c1-19(2)12-15-34-27(41)23-6-5-7-25(23)37-26-24(30(31,32)33)18-35-29(38-26)36-21-10-8-20(9-11-21)28(42)40(4)22-13-16-39(3)17-14-22;/h8-11,18-19,22-23,25H,5-7,12-17H2,1-4H3,(H,34,41)(H2,35,36,37,38);1H4/t23-,25+;/m0./s1. The number of carbonyl (C=O) groups excluding carboxylic acids is 2. The van der Waals surface area contributed by atoms with E-state index in [1.54, 1.807) is 29.2 Å². The van der Waals surface area contributed by atoms with Gasteiger partial charge in [-0.25, -0.2) is 4.98 Å². The molecule has 1 aromatic heterocycles. The number of piperidine rings is 1. The summed E-state index contributed by atoms with van der Waals surface area (Å²) in [6.45, 7) is 6.56. The van der Waals surface area contributed by atoms with Gasteiger partial charge < -0.3 is 25.8 Å². The molecule has 1 aliphatic heterocycles. The number of aromatic nitrogens is 2. The van der Waals surface area contributed by atoms with Crippen LogP contribution >= 0.6 is 0 Å². The van der Waals surface area contributed by atoms with Crippen LogP contribution in [0, 0.1) is 11.8 Å². The van der Waals surface area contributed by atoms with E-state index < -0.39 is 23.7 Å². The number of anilines is 3. The second-order valence-corrected chi connectivity index (χ2v) is 11.9. The molecule has 2 atom stereocenters. The summed E-state index contributed by atoms with van der Waals surface area (Å²) in [6, 6.07) is 6.43. The van der Waals surface area contributed by atoms with Crippen LogP contribution < -0.4 is 16.0 Å². The zero-order valence-electron chi connectivity index (χ0n) is 24.8. The van der Waals surface area contributed by atoms with Crippen molar-refractivity contribution in [1.29, 1.82) is 0 Å². The van der Waals surface area contributed by atoms with Crippen molar-refractivity contribution < 1.29 is 22.8 Å². The number of nitrogens with one attached hydrogen (secondary N) is 3. The Balaban J connectivity index is 0.00000506. The summed E-state index contributed by atoms with van der Waals surface area (Å²) in [6.07, 6.45) is 0.647. The molecule has 1 saturated heterocycles. The molecule has 12 heteroatoms. The van der Waals surface area contributed by atoms with Crippen LogP contribution in [0.5, 0.6) is 0 Å². The van der Waals surface area contributed by atoms with E-state index >= 15 is 0 Å². The summed E-state index contributed by atoms with van der Waals surface area (Å²) in [5.74, 6) is -0.619. The molecule has 1 aliphatic carbocycles. The lowest BCUT2D eigenvalue weighted by Crippen LogP contribution is -2.44. The fourth-order valence-electron chi connectivity index (χ4n) is 5.57. The van der Waals surface area contributed by atoms with Crippen LogP contribution in [0.3, 0.4) is 0 Å². The number of hydrogen-bond acceptors (Lipinski definition) is 7. The Morgan fingerprint density at radius 3 is 2.40 bits per heavy atom. The van der Waals surface area contributed by atoms with Gasteiger partial charge in [-0.1, -0.05) is 27.7 Å². The van der Waals surface area contributed by atoms with Crippen molar-refractivity contribution in [2.45, 2.75) is 78.1 Å². The fraction of sp³-hybridized carbons (Fsp3) is 0.613. The number of likely N-dealkylation sites (tertiary alicyclic amines) is 1. The van der Waals surface area contributed by atoms with Crippen LogP contribution in [-0.4, -0.2) is 77.4 Å². The molecule has 3 N–H and O–H groups in total. The minimum atomic E-state index is -4.67. The van der Waals surface area contributed by atoms with E-state index in [0.29, 0.717) is 36.6 Å². The third kappa shape index (κ3) is 9.04. The van der Waals surface area contributed by atoms with Gasteiger partial charge in [0.1, 0.15) is 11.4 Å². The third-order valence-electron chi connectivity index (χ3n) is 8.23. The van der Waals surface area contributed by atoms with E-state index in [-0.39, 0.29) is 37.0 Å². The maximum atomic E-state index is 13.9. The summed E-state index contributed by atoms with van der Waals surface area (Å²) >= 11 is 0. The Bertz CT molecular complexity index is 1210. The van der Waals surface area contributed by atoms with Crippen molar-refractivity contribution in [2.75, 3.05) is 44.4 Å². The van der Waals surface area contributed by atoms with Crippen molar-refractivity contribution in [3.05, 3.63) is 41.6 Å². The SMILES string of the molecule is C.CC(C)CCNC(=O)[C@H]1CCC[C@H]1Nc1nc(Nc2ccc(C(=O)N(C)C3CCN(C)CC3)cc2)ncc1C(F)(F)F. The van der Waals surface area contributed by atoms with E-state index in [1.807, 2.05) is 7.05 Å². The molecule has 0 radical (unpaired) electrons. The van der Waals surface area contributed by atoms with Crippen LogP contribution in [-0.2, 0) is 11.0 Å². The minimum Gasteiger partial charge on any atom is -0.366 e. The normalized spacial score (nSPS) is 19.5. The topological polar surface area (TPSA) is 102 Å². The molecule has 9 nitrogen and oxygen atoms in total. The molecule has 0 bridgehead atoms. The van der Waals surface area contributed by atoms with Crippen LogP contribution in [0.1, 0.15) is 75.7 Å². The molecule has 238 valence electrons. The molecule has 43 heavy (non-hydrogen) atoms. The summed E-state index contributed by atoms with van der Waals surface area (Å²) < 4.78 is 41.6. The second-order valence-electron chi connectivity index (χ2n) is 11.9. The molecular formula is C31H46F3N7O2. The molecular weight excluding hydrogens is 559 g/mol. The van der Waals surface area contributed by atoms with E-state index in [0.717, 1.165) is 45.0 Å². The number of halogens is 3. The van der Waals surface area contributed by atoms with E-state index in [9.17, 15) is 22.8 Å². The Morgan fingerprint density at radius 1 is 1.09 bits per heavy atom. The highest BCUT2D eigenvalue weighted by molar-refractivity contribution is 5.94. The average Bonchev–Trinajstić information content (AvgIpc) is 3.40. The summed E-state index contributed by atoms with van der Waals surface area (Å²) in [5, 5.41) is 8.79. The van der Waals surface area contributed by atoms with E-state index in [4.69, 9.17) is 0 Å². The predicted molar refractivity (Wildman–Crippen MR) is 163 cm³/mol. The summed E-state index contributed by atoms with van der Waals surface area (Å²) in [5.41, 5.74) is 0.0656.